The molecule has 5 nitrogen and oxygen atoms in total. The second-order valence-electron chi connectivity index (χ2n) is 5.53. The monoisotopic (exact) mass is 342 g/mol. The maximum Gasteiger partial charge on any atom is 0.237 e. The van der Waals surface area contributed by atoms with Gasteiger partial charge in [-0.2, -0.15) is 0 Å². The number of ether oxygens (including phenoxy) is 1. The lowest BCUT2D eigenvalue weighted by Crippen LogP contribution is -2.26. The summed E-state index contributed by atoms with van der Waals surface area (Å²) >= 11 is 1.52. The van der Waals surface area contributed by atoms with Crippen molar-refractivity contribution in [2.24, 2.45) is 0 Å². The van der Waals surface area contributed by atoms with E-state index >= 15 is 0 Å². The lowest BCUT2D eigenvalue weighted by molar-refractivity contribution is -0.116. The van der Waals surface area contributed by atoms with E-state index in [0.29, 0.717) is 5.69 Å². The predicted molar refractivity (Wildman–Crippen MR) is 95.7 cm³/mol. The molecule has 1 heterocycles. The van der Waals surface area contributed by atoms with Gasteiger partial charge in [-0.1, -0.05) is 12.1 Å². The van der Waals surface area contributed by atoms with Gasteiger partial charge >= 0.3 is 0 Å². The quantitative estimate of drug-likeness (QED) is 0.894. The van der Waals surface area contributed by atoms with Gasteiger partial charge in [0.15, 0.2) is 0 Å². The summed E-state index contributed by atoms with van der Waals surface area (Å²) in [4.78, 5) is 24.9. The van der Waals surface area contributed by atoms with E-state index in [1.54, 1.807) is 13.2 Å². The number of hydrogen-bond acceptors (Lipinski definition) is 4. The molecule has 24 heavy (non-hydrogen) atoms. The van der Waals surface area contributed by atoms with Crippen molar-refractivity contribution in [2.75, 3.05) is 17.7 Å². The van der Waals surface area contributed by atoms with E-state index in [1.165, 1.54) is 11.8 Å². The standard InChI is InChI=1S/C18H18N2O3S/c1-11-18(22)20-15-10-13(5-8-16(15)24-11)19-17(21)9-12-3-6-14(23-2)7-4-12/h3-8,10-11H,9H2,1-2H3,(H,19,21)(H,20,22). The Balaban J connectivity index is 1.66. The van der Waals surface area contributed by atoms with Gasteiger partial charge in [-0.15, -0.1) is 11.8 Å². The number of methoxy groups -OCH3 is 1. The van der Waals surface area contributed by atoms with Crippen molar-refractivity contribution in [2.45, 2.75) is 23.5 Å². The highest BCUT2D eigenvalue weighted by atomic mass is 32.2. The number of nitrogens with one attached hydrogen (secondary N) is 2. The van der Waals surface area contributed by atoms with Crippen LogP contribution in [0.4, 0.5) is 11.4 Å². The molecule has 0 saturated carbocycles. The van der Waals surface area contributed by atoms with Gasteiger partial charge in [0.1, 0.15) is 5.75 Å². The Labute approximate surface area is 144 Å². The Bertz CT molecular complexity index is 774. The van der Waals surface area contributed by atoms with Crippen LogP contribution in [0.25, 0.3) is 0 Å². The molecule has 1 aliphatic rings. The lowest BCUT2D eigenvalue weighted by atomic mass is 10.1. The minimum Gasteiger partial charge on any atom is -0.497 e. The van der Waals surface area contributed by atoms with Gasteiger partial charge in [-0.3, -0.25) is 9.59 Å². The molecule has 0 radical (unpaired) electrons. The summed E-state index contributed by atoms with van der Waals surface area (Å²) in [5.41, 5.74) is 2.32. The first-order chi connectivity index (χ1) is 11.5. The molecule has 3 rings (SSSR count). The molecule has 0 spiro atoms. The van der Waals surface area contributed by atoms with Crippen LogP contribution < -0.4 is 15.4 Å². The van der Waals surface area contributed by atoms with Crippen LogP contribution in [-0.2, 0) is 16.0 Å². The number of carbonyl (C=O) groups is 2. The zero-order valence-electron chi connectivity index (χ0n) is 13.5. The molecular weight excluding hydrogens is 324 g/mol. The van der Waals surface area contributed by atoms with E-state index in [-0.39, 0.29) is 23.5 Å². The number of carbonyl (C=O) groups excluding carboxylic acids is 2. The minimum absolute atomic E-state index is 0.0193. The maximum atomic E-state index is 12.2. The predicted octanol–water partition coefficient (Wildman–Crippen LogP) is 3.31. The van der Waals surface area contributed by atoms with Crippen LogP contribution in [0.1, 0.15) is 12.5 Å². The molecule has 1 unspecified atom stereocenters. The molecule has 2 aromatic rings. The minimum atomic E-state index is -0.108. The molecule has 0 aliphatic carbocycles. The van der Waals surface area contributed by atoms with Crippen LogP contribution in [-0.4, -0.2) is 24.2 Å². The molecule has 2 aromatic carbocycles. The number of hydrogen-bond donors (Lipinski definition) is 2. The third-order valence-electron chi connectivity index (χ3n) is 3.72. The zero-order chi connectivity index (χ0) is 17.1. The summed E-state index contributed by atoms with van der Waals surface area (Å²) in [5, 5.41) is 5.62. The number of thioether (sulfide) groups is 1. The number of benzene rings is 2. The first kappa shape index (κ1) is 16.4. The van der Waals surface area contributed by atoms with Gasteiger partial charge in [0.05, 0.1) is 24.5 Å². The Morgan fingerprint density at radius 3 is 2.71 bits per heavy atom. The molecule has 0 aromatic heterocycles. The van der Waals surface area contributed by atoms with E-state index in [4.69, 9.17) is 4.74 Å². The van der Waals surface area contributed by atoms with Crippen molar-refractivity contribution in [1.29, 1.82) is 0 Å². The molecule has 6 heteroatoms. The fraction of sp³-hybridized carbons (Fsp3) is 0.222. The zero-order valence-corrected chi connectivity index (χ0v) is 14.3. The van der Waals surface area contributed by atoms with Gasteiger partial charge in [-0.05, 0) is 42.8 Å². The van der Waals surface area contributed by atoms with E-state index in [2.05, 4.69) is 10.6 Å². The first-order valence-corrected chi connectivity index (χ1v) is 8.47. The number of fused-ring (bicyclic) bond motifs is 1. The van der Waals surface area contributed by atoms with Gasteiger partial charge in [-0.25, -0.2) is 0 Å². The molecule has 0 saturated heterocycles. The highest BCUT2D eigenvalue weighted by Crippen LogP contribution is 2.36. The fourth-order valence-electron chi connectivity index (χ4n) is 2.42. The van der Waals surface area contributed by atoms with E-state index in [1.807, 2.05) is 43.3 Å². The second kappa shape index (κ2) is 6.97. The number of anilines is 2. The number of amides is 2. The summed E-state index contributed by atoms with van der Waals surface area (Å²) in [6.07, 6.45) is 0.277. The van der Waals surface area contributed by atoms with Crippen molar-refractivity contribution >= 4 is 35.0 Å². The van der Waals surface area contributed by atoms with Gasteiger partial charge < -0.3 is 15.4 Å². The molecule has 0 fully saturated rings. The maximum absolute atomic E-state index is 12.2. The van der Waals surface area contributed by atoms with Crippen molar-refractivity contribution in [3.63, 3.8) is 0 Å². The smallest absolute Gasteiger partial charge is 0.237 e. The average molecular weight is 342 g/mol. The summed E-state index contributed by atoms with van der Waals surface area (Å²) in [6, 6.07) is 12.9. The van der Waals surface area contributed by atoms with Crippen LogP contribution in [0, 0.1) is 0 Å². The third-order valence-corrected chi connectivity index (χ3v) is 4.90. The number of rotatable bonds is 4. The van der Waals surface area contributed by atoms with E-state index < -0.39 is 0 Å². The Morgan fingerprint density at radius 1 is 1.25 bits per heavy atom. The molecule has 0 bridgehead atoms. The van der Waals surface area contributed by atoms with Crippen molar-refractivity contribution in [3.8, 4) is 5.75 Å². The van der Waals surface area contributed by atoms with Crippen LogP contribution in [0.5, 0.6) is 5.75 Å². The molecule has 2 N–H and O–H groups in total. The summed E-state index contributed by atoms with van der Waals surface area (Å²) < 4.78 is 5.10. The van der Waals surface area contributed by atoms with Crippen molar-refractivity contribution < 1.29 is 14.3 Å². The highest BCUT2D eigenvalue weighted by Gasteiger charge is 2.23. The van der Waals surface area contributed by atoms with Gasteiger partial charge in [0, 0.05) is 10.6 Å². The SMILES string of the molecule is COc1ccc(CC(=O)Nc2ccc3c(c2)NC(=O)C(C)S3)cc1. The first-order valence-electron chi connectivity index (χ1n) is 7.59. The third kappa shape index (κ3) is 3.71. The lowest BCUT2D eigenvalue weighted by Gasteiger charge is -2.22. The molecule has 124 valence electrons. The van der Waals surface area contributed by atoms with Crippen LogP contribution in [0.2, 0.25) is 0 Å². The summed E-state index contributed by atoms with van der Waals surface area (Å²) in [6.45, 7) is 1.87. The van der Waals surface area contributed by atoms with Gasteiger partial charge in [0.25, 0.3) is 0 Å². The molecule has 2 amide bonds. The average Bonchev–Trinajstić information content (AvgIpc) is 2.57. The van der Waals surface area contributed by atoms with Crippen LogP contribution >= 0.6 is 11.8 Å². The van der Waals surface area contributed by atoms with Crippen LogP contribution in [0.15, 0.2) is 47.4 Å². The van der Waals surface area contributed by atoms with Crippen molar-refractivity contribution in [3.05, 3.63) is 48.0 Å². The summed E-state index contributed by atoms with van der Waals surface area (Å²) in [5.74, 6) is 0.633. The Kier molecular flexibility index (Phi) is 4.76. The topological polar surface area (TPSA) is 67.4 Å². The summed E-state index contributed by atoms with van der Waals surface area (Å²) in [7, 11) is 1.61. The molecule has 1 aliphatic heterocycles. The Morgan fingerprint density at radius 2 is 2.00 bits per heavy atom. The largest absolute Gasteiger partial charge is 0.497 e. The fourth-order valence-corrected chi connectivity index (χ4v) is 3.35. The van der Waals surface area contributed by atoms with Crippen LogP contribution in [0.3, 0.4) is 0 Å². The van der Waals surface area contributed by atoms with E-state index in [0.717, 1.165) is 21.9 Å². The normalized spacial score (nSPS) is 16.1. The molecular formula is C18H18N2O3S. The molecule has 1 atom stereocenters. The van der Waals surface area contributed by atoms with Gasteiger partial charge in [0.2, 0.25) is 11.8 Å². The Hall–Kier alpha value is -2.47. The van der Waals surface area contributed by atoms with Crippen molar-refractivity contribution in [1.82, 2.24) is 0 Å². The van der Waals surface area contributed by atoms with E-state index in [9.17, 15) is 9.59 Å². The second-order valence-corrected chi connectivity index (χ2v) is 6.92. The highest BCUT2D eigenvalue weighted by molar-refractivity contribution is 8.00.